The van der Waals surface area contributed by atoms with Crippen molar-refractivity contribution in [2.75, 3.05) is 25.0 Å². The largest absolute Gasteiger partial charge is 0.416 e. The Morgan fingerprint density at radius 1 is 1.11 bits per heavy atom. The number of likely N-dealkylation sites (tertiary alicyclic amines) is 1. The second kappa shape index (κ2) is 10.4. The average molecular weight is 493 g/mol. The van der Waals surface area contributed by atoms with Crippen molar-refractivity contribution in [1.82, 2.24) is 14.9 Å². The van der Waals surface area contributed by atoms with Crippen molar-refractivity contribution in [3.8, 4) is 0 Å². The summed E-state index contributed by atoms with van der Waals surface area (Å²) in [7, 11) is 0. The predicted molar refractivity (Wildman–Crippen MR) is 129 cm³/mol. The lowest BCUT2D eigenvalue weighted by Crippen LogP contribution is -2.54. The van der Waals surface area contributed by atoms with Gasteiger partial charge in [0.05, 0.1) is 23.2 Å². The Bertz CT molecular complexity index is 1030. The van der Waals surface area contributed by atoms with Crippen LogP contribution >= 0.6 is 0 Å². The molecule has 2 N–H and O–H groups in total. The number of ketones is 1. The molecule has 4 rings (SSSR count). The van der Waals surface area contributed by atoms with E-state index < -0.39 is 17.3 Å². The van der Waals surface area contributed by atoms with Crippen molar-refractivity contribution in [3.63, 3.8) is 0 Å². The number of fused-ring (bicyclic) bond motifs is 1. The zero-order valence-electron chi connectivity index (χ0n) is 20.4. The zero-order chi connectivity index (χ0) is 25.2. The van der Waals surface area contributed by atoms with E-state index in [4.69, 9.17) is 0 Å². The number of aliphatic hydroxyl groups is 1. The Kier molecular flexibility index (Phi) is 7.66. The van der Waals surface area contributed by atoms with Gasteiger partial charge in [0.25, 0.3) is 0 Å². The Hall–Kier alpha value is -2.26. The molecule has 1 aromatic heterocycles. The summed E-state index contributed by atoms with van der Waals surface area (Å²) in [6.45, 7) is 5.95. The quantitative estimate of drug-likeness (QED) is 0.509. The molecule has 35 heavy (non-hydrogen) atoms. The molecule has 1 aliphatic carbocycles. The van der Waals surface area contributed by atoms with Crippen molar-refractivity contribution in [2.24, 2.45) is 11.8 Å². The van der Waals surface area contributed by atoms with Gasteiger partial charge in [0.15, 0.2) is 5.78 Å². The second-order valence-electron chi connectivity index (χ2n) is 10.2. The summed E-state index contributed by atoms with van der Waals surface area (Å²) in [6, 6.07) is 3.85. The second-order valence-corrected chi connectivity index (χ2v) is 10.2. The van der Waals surface area contributed by atoms with Crippen LogP contribution in [-0.4, -0.2) is 57.0 Å². The molecule has 0 radical (unpaired) electrons. The van der Waals surface area contributed by atoms with Crippen LogP contribution in [-0.2, 0) is 11.0 Å². The molecule has 2 aliphatic rings. The van der Waals surface area contributed by atoms with E-state index in [1.165, 1.54) is 12.4 Å². The standard InChI is InChI=1S/C26H35F3N4O2/c1-3-25(35,4-2)18-5-8-20(9-6-18)33-14-17(15-33)11-21(34)13-30-24-22-12-19(26(27,28)29)7-10-23(22)31-16-32-24/h7,10,12,16-18,20,35H,3-6,8-9,11,13-15H2,1-2H3,(H,30,31,32). The van der Waals surface area contributed by atoms with Crippen LogP contribution < -0.4 is 5.32 Å². The van der Waals surface area contributed by atoms with Crippen LogP contribution in [0.15, 0.2) is 24.5 Å². The number of nitrogens with zero attached hydrogens (tertiary/aromatic N) is 3. The Balaban J connectivity index is 1.24. The first-order chi connectivity index (χ1) is 16.6. The number of alkyl halides is 3. The summed E-state index contributed by atoms with van der Waals surface area (Å²) in [5.74, 6) is 0.946. The fourth-order valence-corrected chi connectivity index (χ4v) is 5.79. The predicted octanol–water partition coefficient (Wildman–Crippen LogP) is 5.06. The minimum absolute atomic E-state index is 0.0213. The fourth-order valence-electron chi connectivity index (χ4n) is 5.79. The molecule has 0 bridgehead atoms. The van der Waals surface area contributed by atoms with Crippen molar-refractivity contribution in [1.29, 1.82) is 0 Å². The number of carbonyl (C=O) groups excluding carboxylic acids is 1. The van der Waals surface area contributed by atoms with E-state index in [0.717, 1.165) is 63.7 Å². The van der Waals surface area contributed by atoms with Crippen molar-refractivity contribution < 1.29 is 23.1 Å². The van der Waals surface area contributed by atoms with Gasteiger partial charge in [0, 0.05) is 30.9 Å². The zero-order valence-corrected chi connectivity index (χ0v) is 20.4. The van der Waals surface area contributed by atoms with Gasteiger partial charge in [-0.3, -0.25) is 9.69 Å². The normalized spacial score (nSPS) is 22.2. The minimum Gasteiger partial charge on any atom is -0.390 e. The SMILES string of the molecule is CCC(O)(CC)C1CCC(N2CC(CC(=O)CNc3ncnc4ccc(C(F)(F)F)cc34)C2)CC1. The van der Waals surface area contributed by atoms with Crippen LogP contribution in [0.1, 0.15) is 64.4 Å². The van der Waals surface area contributed by atoms with Gasteiger partial charge < -0.3 is 10.4 Å². The highest BCUT2D eigenvalue weighted by atomic mass is 19.4. The number of benzene rings is 1. The highest BCUT2D eigenvalue weighted by molar-refractivity contribution is 5.91. The molecular weight excluding hydrogens is 457 g/mol. The minimum atomic E-state index is -4.46. The lowest BCUT2D eigenvalue weighted by atomic mass is 9.72. The molecule has 192 valence electrons. The molecule has 0 unspecified atom stereocenters. The first-order valence-corrected chi connectivity index (χ1v) is 12.7. The lowest BCUT2D eigenvalue weighted by Gasteiger charge is -2.48. The smallest absolute Gasteiger partial charge is 0.390 e. The molecule has 2 heterocycles. The highest BCUT2D eigenvalue weighted by Crippen LogP contribution is 2.40. The third kappa shape index (κ3) is 5.77. The van der Waals surface area contributed by atoms with Gasteiger partial charge in [0.1, 0.15) is 12.1 Å². The van der Waals surface area contributed by atoms with Crippen LogP contribution in [0.4, 0.5) is 19.0 Å². The first-order valence-electron chi connectivity index (χ1n) is 12.7. The molecule has 0 atom stereocenters. The molecule has 0 amide bonds. The number of hydrogen-bond donors (Lipinski definition) is 2. The van der Waals surface area contributed by atoms with Crippen LogP contribution in [0, 0.1) is 11.8 Å². The number of halogens is 3. The molecular formula is C26H35F3N4O2. The van der Waals surface area contributed by atoms with E-state index in [2.05, 4.69) is 34.0 Å². The Morgan fingerprint density at radius 3 is 2.43 bits per heavy atom. The summed E-state index contributed by atoms with van der Waals surface area (Å²) in [6.07, 6.45) is 3.16. The number of rotatable bonds is 9. The summed E-state index contributed by atoms with van der Waals surface area (Å²) >= 11 is 0. The summed E-state index contributed by atoms with van der Waals surface area (Å²) in [4.78, 5) is 23.1. The molecule has 9 heteroatoms. The van der Waals surface area contributed by atoms with Crippen LogP contribution in [0.5, 0.6) is 0 Å². The van der Waals surface area contributed by atoms with Crippen molar-refractivity contribution in [3.05, 3.63) is 30.1 Å². The average Bonchev–Trinajstić information content (AvgIpc) is 2.83. The first kappa shape index (κ1) is 25.8. The summed E-state index contributed by atoms with van der Waals surface area (Å²) < 4.78 is 39.3. The monoisotopic (exact) mass is 492 g/mol. The number of nitrogens with one attached hydrogen (secondary N) is 1. The Labute approximate surface area is 204 Å². The molecule has 0 spiro atoms. The maximum Gasteiger partial charge on any atom is 0.416 e. The summed E-state index contributed by atoms with van der Waals surface area (Å²) in [5, 5.41) is 14.0. The van der Waals surface area contributed by atoms with E-state index in [-0.39, 0.29) is 23.5 Å². The van der Waals surface area contributed by atoms with E-state index >= 15 is 0 Å². The fraction of sp³-hybridized carbons (Fsp3) is 0.654. The molecule has 1 aromatic carbocycles. The maximum absolute atomic E-state index is 13.1. The van der Waals surface area contributed by atoms with E-state index in [1.54, 1.807) is 0 Å². The lowest BCUT2D eigenvalue weighted by molar-refractivity contribution is -0.137. The van der Waals surface area contributed by atoms with Gasteiger partial charge in [-0.1, -0.05) is 13.8 Å². The number of carbonyl (C=O) groups is 1. The van der Waals surface area contributed by atoms with Gasteiger partial charge >= 0.3 is 6.18 Å². The number of hydrogen-bond acceptors (Lipinski definition) is 6. The van der Waals surface area contributed by atoms with Gasteiger partial charge in [-0.05, 0) is 68.6 Å². The molecule has 1 aliphatic heterocycles. The van der Waals surface area contributed by atoms with E-state index in [0.29, 0.717) is 29.8 Å². The number of anilines is 1. The Morgan fingerprint density at radius 2 is 1.80 bits per heavy atom. The van der Waals surface area contributed by atoms with Crippen molar-refractivity contribution in [2.45, 2.75) is 76.6 Å². The number of aromatic nitrogens is 2. The maximum atomic E-state index is 13.1. The summed E-state index contributed by atoms with van der Waals surface area (Å²) in [5.41, 5.74) is -0.916. The van der Waals surface area contributed by atoms with Crippen LogP contribution in [0.3, 0.4) is 0 Å². The van der Waals surface area contributed by atoms with E-state index in [9.17, 15) is 23.1 Å². The molecule has 1 saturated heterocycles. The van der Waals surface area contributed by atoms with Gasteiger partial charge in [-0.2, -0.15) is 13.2 Å². The van der Waals surface area contributed by atoms with E-state index in [1.807, 2.05) is 0 Å². The van der Waals surface area contributed by atoms with Gasteiger partial charge in [0.2, 0.25) is 0 Å². The third-order valence-corrected chi connectivity index (χ3v) is 8.11. The topological polar surface area (TPSA) is 78.4 Å². The van der Waals surface area contributed by atoms with Gasteiger partial charge in [-0.25, -0.2) is 9.97 Å². The molecule has 6 nitrogen and oxygen atoms in total. The van der Waals surface area contributed by atoms with Crippen molar-refractivity contribution >= 4 is 22.5 Å². The highest BCUT2D eigenvalue weighted by Gasteiger charge is 2.40. The third-order valence-electron chi connectivity index (χ3n) is 8.11. The van der Waals surface area contributed by atoms with Crippen LogP contribution in [0.25, 0.3) is 10.9 Å². The molecule has 2 fully saturated rings. The number of Topliss-reactive ketones (excluding diaryl/α,β-unsaturated/α-hetero) is 1. The molecule has 1 saturated carbocycles. The molecule has 2 aromatic rings. The van der Waals surface area contributed by atoms with Crippen LogP contribution in [0.2, 0.25) is 0 Å². The van der Waals surface area contributed by atoms with Gasteiger partial charge in [-0.15, -0.1) is 0 Å².